The predicted octanol–water partition coefficient (Wildman–Crippen LogP) is 4.72. The molecular formula is C17H14O2S. The van der Waals surface area contributed by atoms with Gasteiger partial charge in [0.15, 0.2) is 5.78 Å². The molecule has 0 saturated heterocycles. The second-order valence-corrected chi connectivity index (χ2v) is 5.64. The minimum atomic E-state index is 0.100. The molecule has 0 aliphatic rings. The summed E-state index contributed by atoms with van der Waals surface area (Å²) in [5, 5.41) is 0.892. The number of ketones is 1. The van der Waals surface area contributed by atoms with E-state index in [9.17, 15) is 4.79 Å². The van der Waals surface area contributed by atoms with E-state index in [4.69, 9.17) is 4.42 Å². The number of aryl methyl sites for hydroxylation is 1. The number of benzene rings is 2. The summed E-state index contributed by atoms with van der Waals surface area (Å²) >= 11 is 1.57. The Labute approximate surface area is 121 Å². The molecule has 0 fully saturated rings. The fraction of sp³-hybridized carbons (Fsp3) is 0.118. The van der Waals surface area contributed by atoms with Crippen LogP contribution in [0.2, 0.25) is 0 Å². The highest BCUT2D eigenvalue weighted by molar-refractivity contribution is 8.00. The van der Waals surface area contributed by atoms with Gasteiger partial charge in [-0.25, -0.2) is 0 Å². The number of rotatable bonds is 4. The molecule has 0 radical (unpaired) electrons. The number of thioether (sulfide) groups is 1. The highest BCUT2D eigenvalue weighted by Gasteiger charge is 2.13. The Morgan fingerprint density at radius 2 is 1.85 bits per heavy atom. The molecule has 0 atom stereocenters. The van der Waals surface area contributed by atoms with Crippen LogP contribution < -0.4 is 0 Å². The third-order valence-corrected chi connectivity index (χ3v) is 4.41. The summed E-state index contributed by atoms with van der Waals surface area (Å²) in [5.41, 5.74) is 2.63. The summed E-state index contributed by atoms with van der Waals surface area (Å²) in [4.78, 5) is 13.5. The Bertz CT molecular complexity index is 758. The Kier molecular flexibility index (Phi) is 3.61. The Morgan fingerprint density at radius 1 is 1.10 bits per heavy atom. The summed E-state index contributed by atoms with van der Waals surface area (Å²) in [6.07, 6.45) is 1.56. The van der Waals surface area contributed by atoms with Crippen molar-refractivity contribution in [2.24, 2.45) is 0 Å². The van der Waals surface area contributed by atoms with Gasteiger partial charge >= 0.3 is 0 Å². The molecule has 0 aliphatic heterocycles. The van der Waals surface area contributed by atoms with Gasteiger partial charge in [-0.2, -0.15) is 0 Å². The summed E-state index contributed by atoms with van der Waals surface area (Å²) in [5.74, 6) is 0.525. The van der Waals surface area contributed by atoms with Gasteiger partial charge in [0.25, 0.3) is 0 Å². The number of hydrogen-bond donors (Lipinski definition) is 0. The fourth-order valence-corrected chi connectivity index (χ4v) is 3.05. The van der Waals surface area contributed by atoms with Crippen LogP contribution in [0.5, 0.6) is 0 Å². The van der Waals surface area contributed by atoms with E-state index in [0.717, 1.165) is 15.9 Å². The van der Waals surface area contributed by atoms with Gasteiger partial charge in [0.05, 0.1) is 11.3 Å². The van der Waals surface area contributed by atoms with Crippen LogP contribution >= 0.6 is 11.8 Å². The molecule has 0 aliphatic carbocycles. The molecule has 0 N–H and O–H groups in total. The first kappa shape index (κ1) is 13.0. The standard InChI is InChI=1S/C17H14O2S/c1-12-6-2-5-9-17(12)20-11-15(18)14-10-19-16-8-4-3-7-13(14)16/h2-10H,11H2,1H3. The molecule has 0 spiro atoms. The van der Waals surface area contributed by atoms with Crippen LogP contribution in [-0.4, -0.2) is 11.5 Å². The molecule has 100 valence electrons. The van der Waals surface area contributed by atoms with Crippen LogP contribution in [0.4, 0.5) is 0 Å². The minimum Gasteiger partial charge on any atom is -0.464 e. The van der Waals surface area contributed by atoms with Crippen molar-refractivity contribution in [1.82, 2.24) is 0 Å². The van der Waals surface area contributed by atoms with Crippen LogP contribution in [0.15, 0.2) is 64.1 Å². The van der Waals surface area contributed by atoms with E-state index < -0.39 is 0 Å². The van der Waals surface area contributed by atoms with Gasteiger partial charge in [-0.1, -0.05) is 36.4 Å². The highest BCUT2D eigenvalue weighted by atomic mass is 32.2. The second-order valence-electron chi connectivity index (χ2n) is 4.62. The van der Waals surface area contributed by atoms with Gasteiger partial charge < -0.3 is 4.42 Å². The van der Waals surface area contributed by atoms with Crippen molar-refractivity contribution in [1.29, 1.82) is 0 Å². The van der Waals surface area contributed by atoms with Crippen LogP contribution in [0.1, 0.15) is 15.9 Å². The molecule has 0 unspecified atom stereocenters. The Morgan fingerprint density at radius 3 is 2.70 bits per heavy atom. The Hall–Kier alpha value is -2.00. The fourth-order valence-electron chi connectivity index (χ4n) is 2.13. The zero-order valence-corrected chi connectivity index (χ0v) is 11.9. The molecule has 2 nitrogen and oxygen atoms in total. The first-order chi connectivity index (χ1) is 9.75. The van der Waals surface area contributed by atoms with Crippen LogP contribution in [0, 0.1) is 6.92 Å². The number of carbonyl (C=O) groups excluding carboxylic acids is 1. The first-order valence-electron chi connectivity index (χ1n) is 6.43. The van der Waals surface area contributed by atoms with Gasteiger partial charge in [-0.15, -0.1) is 11.8 Å². The molecule has 2 aromatic carbocycles. The third-order valence-electron chi connectivity index (χ3n) is 3.23. The average Bonchev–Trinajstić information content (AvgIpc) is 2.90. The number of furan rings is 1. The zero-order chi connectivity index (χ0) is 13.9. The number of para-hydroxylation sites is 1. The third kappa shape index (κ3) is 2.49. The van der Waals surface area contributed by atoms with Crippen molar-refractivity contribution in [2.75, 3.05) is 5.75 Å². The number of fused-ring (bicyclic) bond motifs is 1. The normalized spacial score (nSPS) is 10.8. The van der Waals surface area contributed by atoms with E-state index in [2.05, 4.69) is 13.0 Å². The van der Waals surface area contributed by atoms with E-state index in [-0.39, 0.29) is 5.78 Å². The van der Waals surface area contributed by atoms with Gasteiger partial charge in [0.1, 0.15) is 11.8 Å². The SMILES string of the molecule is Cc1ccccc1SCC(=O)c1coc2ccccc12. The lowest BCUT2D eigenvalue weighted by Crippen LogP contribution is -2.01. The van der Waals surface area contributed by atoms with Gasteiger partial charge in [-0.05, 0) is 24.6 Å². The number of hydrogen-bond acceptors (Lipinski definition) is 3. The molecule has 1 heterocycles. The van der Waals surface area contributed by atoms with E-state index in [1.54, 1.807) is 18.0 Å². The maximum Gasteiger partial charge on any atom is 0.176 e. The number of Topliss-reactive ketones (excluding diaryl/α,β-unsaturated/α-hetero) is 1. The van der Waals surface area contributed by atoms with Crippen molar-refractivity contribution in [3.8, 4) is 0 Å². The van der Waals surface area contributed by atoms with Crippen LogP contribution in [0.25, 0.3) is 11.0 Å². The highest BCUT2D eigenvalue weighted by Crippen LogP contribution is 2.26. The monoisotopic (exact) mass is 282 g/mol. The van der Waals surface area contributed by atoms with Crippen molar-refractivity contribution in [2.45, 2.75) is 11.8 Å². The average molecular weight is 282 g/mol. The molecule has 0 amide bonds. The van der Waals surface area contributed by atoms with E-state index in [0.29, 0.717) is 11.3 Å². The smallest absolute Gasteiger partial charge is 0.176 e. The van der Waals surface area contributed by atoms with Crippen molar-refractivity contribution >= 4 is 28.5 Å². The topological polar surface area (TPSA) is 30.2 Å². The summed E-state index contributed by atoms with van der Waals surface area (Å²) in [6, 6.07) is 15.7. The number of carbonyl (C=O) groups is 1. The maximum absolute atomic E-state index is 12.3. The first-order valence-corrected chi connectivity index (χ1v) is 7.42. The van der Waals surface area contributed by atoms with Crippen molar-refractivity contribution in [3.05, 3.63) is 65.9 Å². The molecule has 3 rings (SSSR count). The van der Waals surface area contributed by atoms with E-state index in [1.807, 2.05) is 42.5 Å². The zero-order valence-electron chi connectivity index (χ0n) is 11.1. The molecule has 20 heavy (non-hydrogen) atoms. The maximum atomic E-state index is 12.3. The lowest BCUT2D eigenvalue weighted by atomic mass is 10.1. The van der Waals surface area contributed by atoms with Crippen LogP contribution in [-0.2, 0) is 0 Å². The van der Waals surface area contributed by atoms with Crippen molar-refractivity contribution < 1.29 is 9.21 Å². The molecule has 0 saturated carbocycles. The molecular weight excluding hydrogens is 268 g/mol. The second kappa shape index (κ2) is 5.55. The lowest BCUT2D eigenvalue weighted by molar-refractivity contribution is 0.102. The van der Waals surface area contributed by atoms with Gasteiger partial charge in [0.2, 0.25) is 0 Å². The quantitative estimate of drug-likeness (QED) is 0.512. The summed E-state index contributed by atoms with van der Waals surface area (Å²) in [7, 11) is 0. The minimum absolute atomic E-state index is 0.100. The van der Waals surface area contributed by atoms with Gasteiger partial charge in [-0.3, -0.25) is 4.79 Å². The molecule has 3 aromatic rings. The van der Waals surface area contributed by atoms with Crippen LogP contribution in [0.3, 0.4) is 0 Å². The predicted molar refractivity (Wildman–Crippen MR) is 82.4 cm³/mol. The largest absolute Gasteiger partial charge is 0.464 e. The molecule has 0 bridgehead atoms. The molecule has 1 aromatic heterocycles. The lowest BCUT2D eigenvalue weighted by Gasteiger charge is -2.03. The summed E-state index contributed by atoms with van der Waals surface area (Å²) < 4.78 is 5.42. The van der Waals surface area contributed by atoms with Crippen molar-refractivity contribution in [3.63, 3.8) is 0 Å². The van der Waals surface area contributed by atoms with E-state index >= 15 is 0 Å². The van der Waals surface area contributed by atoms with E-state index in [1.165, 1.54) is 5.56 Å². The Balaban J connectivity index is 1.79. The molecule has 3 heteroatoms. The summed E-state index contributed by atoms with van der Waals surface area (Å²) in [6.45, 7) is 2.06. The van der Waals surface area contributed by atoms with Gasteiger partial charge in [0, 0.05) is 10.3 Å².